The summed E-state index contributed by atoms with van der Waals surface area (Å²) >= 11 is 5.63. The first-order valence-corrected chi connectivity index (χ1v) is 10.9. The van der Waals surface area contributed by atoms with E-state index in [-0.39, 0.29) is 17.2 Å². The Morgan fingerprint density at radius 2 is 1.62 bits per heavy atom. The zero-order valence-electron chi connectivity index (χ0n) is 19.3. The second kappa shape index (κ2) is 11.7. The molecule has 0 saturated carbocycles. The molecule has 0 fully saturated rings. The van der Waals surface area contributed by atoms with Crippen molar-refractivity contribution in [2.45, 2.75) is 37.4 Å². The lowest BCUT2D eigenvalue weighted by atomic mass is 9.95. The molecule has 0 aliphatic rings. The number of phenols is 1. The first-order valence-electron chi connectivity index (χ1n) is 10.5. The van der Waals surface area contributed by atoms with Crippen LogP contribution in [0.1, 0.15) is 39.9 Å². The Labute approximate surface area is 218 Å². The summed E-state index contributed by atoms with van der Waals surface area (Å²) in [7, 11) is 0. The number of carbonyl (C=O) groups is 2. The molecule has 0 aliphatic heterocycles. The van der Waals surface area contributed by atoms with E-state index in [1.54, 1.807) is 5.32 Å². The van der Waals surface area contributed by atoms with Crippen molar-refractivity contribution in [3.63, 3.8) is 0 Å². The minimum atomic E-state index is -5.34. The van der Waals surface area contributed by atoms with Gasteiger partial charge >= 0.3 is 18.5 Å². The molecule has 0 heterocycles. The van der Waals surface area contributed by atoms with Gasteiger partial charge in [0.1, 0.15) is 30.1 Å². The van der Waals surface area contributed by atoms with Crippen LogP contribution >= 0.6 is 11.6 Å². The molecule has 2 atom stereocenters. The standard InChI is InChI=1S/C23H17ClF10N2O3/c1-10(19(38)35-9-21(26,27)28)36-20(39)15-3-2-11(6-17(15)23(32,33)34)18(25)8-16(22(29,30)31)12-4-13(24)7-14(37)5-12/h2-8,10,16,37H,9H2,1H3,(H,35,38)(H,36,39)/b18-8-/t10-,16?/m1/s1. The number of allylic oxidation sites excluding steroid dienone is 1. The Morgan fingerprint density at radius 1 is 1.00 bits per heavy atom. The van der Waals surface area contributed by atoms with Gasteiger partial charge in [0.15, 0.2) is 0 Å². The lowest BCUT2D eigenvalue weighted by Crippen LogP contribution is -2.47. The molecule has 0 radical (unpaired) electrons. The fourth-order valence-electron chi connectivity index (χ4n) is 3.20. The number of carbonyl (C=O) groups excluding carboxylic acids is 2. The lowest BCUT2D eigenvalue weighted by molar-refractivity contribution is -0.140. The van der Waals surface area contributed by atoms with Crippen LogP contribution < -0.4 is 10.6 Å². The van der Waals surface area contributed by atoms with Gasteiger partial charge in [0.05, 0.1) is 11.1 Å². The van der Waals surface area contributed by atoms with Crippen molar-refractivity contribution in [3.8, 4) is 5.75 Å². The number of rotatable bonds is 7. The molecule has 1 unspecified atom stereocenters. The topological polar surface area (TPSA) is 78.4 Å². The summed E-state index contributed by atoms with van der Waals surface area (Å²) in [6.45, 7) is -0.883. The van der Waals surface area contributed by atoms with E-state index in [9.17, 15) is 58.6 Å². The second-order valence-electron chi connectivity index (χ2n) is 8.06. The van der Waals surface area contributed by atoms with E-state index < -0.39 is 82.7 Å². The maximum Gasteiger partial charge on any atom is 0.417 e. The predicted molar refractivity (Wildman–Crippen MR) is 118 cm³/mol. The largest absolute Gasteiger partial charge is 0.508 e. The molecule has 3 N–H and O–H groups in total. The van der Waals surface area contributed by atoms with Gasteiger partial charge in [-0.05, 0) is 48.9 Å². The molecular formula is C23H17ClF10N2O3. The molecule has 2 aromatic carbocycles. The van der Waals surface area contributed by atoms with Gasteiger partial charge in [0.25, 0.3) is 5.91 Å². The second-order valence-corrected chi connectivity index (χ2v) is 8.50. The molecule has 214 valence electrons. The molecule has 2 rings (SSSR count). The Balaban J connectivity index is 2.43. The minimum Gasteiger partial charge on any atom is -0.508 e. The molecular weight excluding hydrogens is 578 g/mol. The molecule has 0 saturated heterocycles. The van der Waals surface area contributed by atoms with E-state index >= 15 is 0 Å². The zero-order chi connectivity index (χ0) is 29.9. The summed E-state index contributed by atoms with van der Waals surface area (Å²) in [4.78, 5) is 24.1. The highest BCUT2D eigenvalue weighted by molar-refractivity contribution is 6.30. The van der Waals surface area contributed by atoms with Crippen LogP contribution in [0.25, 0.3) is 5.83 Å². The Kier molecular flexibility index (Phi) is 9.53. The van der Waals surface area contributed by atoms with Gasteiger partial charge in [0.2, 0.25) is 5.91 Å². The van der Waals surface area contributed by atoms with E-state index in [2.05, 4.69) is 0 Å². The number of phenolic OH excluding ortho intramolecular Hbond substituents is 1. The van der Waals surface area contributed by atoms with Crippen LogP contribution in [0, 0.1) is 0 Å². The first kappa shape index (κ1) is 31.7. The first-order chi connectivity index (χ1) is 17.7. The van der Waals surface area contributed by atoms with Crippen LogP contribution in [0.4, 0.5) is 43.9 Å². The average molecular weight is 595 g/mol. The van der Waals surface area contributed by atoms with Gasteiger partial charge in [0, 0.05) is 10.6 Å². The van der Waals surface area contributed by atoms with Gasteiger partial charge in [-0.25, -0.2) is 4.39 Å². The molecule has 0 spiro atoms. The summed E-state index contributed by atoms with van der Waals surface area (Å²) in [5.41, 5.74) is -4.70. The Morgan fingerprint density at radius 3 is 2.13 bits per heavy atom. The summed E-state index contributed by atoms with van der Waals surface area (Å²) in [6.07, 6.45) is -15.3. The number of alkyl halides is 9. The van der Waals surface area contributed by atoms with Crippen LogP contribution in [-0.2, 0) is 11.0 Å². The highest BCUT2D eigenvalue weighted by Gasteiger charge is 2.41. The highest BCUT2D eigenvalue weighted by Crippen LogP contribution is 2.41. The lowest BCUT2D eigenvalue weighted by Gasteiger charge is -2.19. The van der Waals surface area contributed by atoms with Gasteiger partial charge < -0.3 is 15.7 Å². The fourth-order valence-corrected chi connectivity index (χ4v) is 3.44. The minimum absolute atomic E-state index is 0.0482. The highest BCUT2D eigenvalue weighted by atomic mass is 35.5. The smallest absolute Gasteiger partial charge is 0.417 e. The van der Waals surface area contributed by atoms with E-state index in [4.69, 9.17) is 11.6 Å². The summed E-state index contributed by atoms with van der Waals surface area (Å²) in [5, 5.41) is 12.4. The number of nitrogens with one attached hydrogen (secondary N) is 2. The number of amides is 2. The van der Waals surface area contributed by atoms with Crippen LogP contribution in [0.2, 0.25) is 5.02 Å². The maximum atomic E-state index is 14.9. The number of hydrogen-bond donors (Lipinski definition) is 3. The van der Waals surface area contributed by atoms with Gasteiger partial charge in [-0.3, -0.25) is 9.59 Å². The average Bonchev–Trinajstić information content (AvgIpc) is 2.77. The molecule has 16 heteroatoms. The van der Waals surface area contributed by atoms with E-state index in [0.29, 0.717) is 18.2 Å². The molecule has 0 aromatic heterocycles. The fraction of sp³-hybridized carbons (Fsp3) is 0.304. The van der Waals surface area contributed by atoms with Crippen molar-refractivity contribution in [3.05, 3.63) is 69.8 Å². The number of halogens is 11. The molecule has 2 amide bonds. The van der Waals surface area contributed by atoms with E-state index in [0.717, 1.165) is 19.1 Å². The summed E-state index contributed by atoms with van der Waals surface area (Å²) in [6, 6.07) is 1.62. The van der Waals surface area contributed by atoms with Crippen molar-refractivity contribution in [1.82, 2.24) is 10.6 Å². The van der Waals surface area contributed by atoms with Gasteiger partial charge in [-0.15, -0.1) is 0 Å². The maximum absolute atomic E-state index is 14.9. The van der Waals surface area contributed by atoms with Crippen molar-refractivity contribution in [2.75, 3.05) is 6.54 Å². The quantitative estimate of drug-likeness (QED) is 0.320. The number of hydrogen-bond acceptors (Lipinski definition) is 3. The Hall–Kier alpha value is -3.49. The third-order valence-electron chi connectivity index (χ3n) is 4.98. The van der Waals surface area contributed by atoms with E-state index in [1.807, 2.05) is 0 Å². The third kappa shape index (κ3) is 9.04. The number of benzene rings is 2. The van der Waals surface area contributed by atoms with Crippen LogP contribution in [-0.4, -0.2) is 41.9 Å². The number of aromatic hydroxyl groups is 1. The van der Waals surface area contributed by atoms with Crippen molar-refractivity contribution < 1.29 is 58.6 Å². The summed E-state index contributed by atoms with van der Waals surface area (Å²) < 4.78 is 133. The van der Waals surface area contributed by atoms with Crippen molar-refractivity contribution in [2.24, 2.45) is 0 Å². The molecule has 0 aliphatic carbocycles. The monoisotopic (exact) mass is 594 g/mol. The molecule has 39 heavy (non-hydrogen) atoms. The van der Waals surface area contributed by atoms with Gasteiger partial charge in [-0.1, -0.05) is 17.7 Å². The van der Waals surface area contributed by atoms with Crippen molar-refractivity contribution in [1.29, 1.82) is 0 Å². The normalized spacial score (nSPS) is 14.5. The summed E-state index contributed by atoms with van der Waals surface area (Å²) in [5.74, 6) is -8.14. The SMILES string of the molecule is C[C@@H](NC(=O)c1ccc(/C(F)=C/C(c2cc(O)cc(Cl)c2)C(F)(F)F)cc1C(F)(F)F)C(=O)NCC(F)(F)F. The van der Waals surface area contributed by atoms with E-state index in [1.165, 1.54) is 5.32 Å². The van der Waals surface area contributed by atoms with Crippen LogP contribution in [0.15, 0.2) is 42.5 Å². The predicted octanol–water partition coefficient (Wildman–Crippen LogP) is 6.52. The molecule has 5 nitrogen and oxygen atoms in total. The third-order valence-corrected chi connectivity index (χ3v) is 5.20. The van der Waals surface area contributed by atoms with Gasteiger partial charge in [-0.2, -0.15) is 39.5 Å². The van der Waals surface area contributed by atoms with Crippen LogP contribution in [0.5, 0.6) is 5.75 Å². The van der Waals surface area contributed by atoms with Crippen LogP contribution in [0.3, 0.4) is 0 Å². The Bertz CT molecular complexity index is 1240. The molecule has 0 bridgehead atoms. The van der Waals surface area contributed by atoms with Crippen molar-refractivity contribution >= 4 is 29.2 Å². The molecule has 2 aromatic rings. The zero-order valence-corrected chi connectivity index (χ0v) is 20.1.